The number of nitrogens with two attached hydrogens (primary N) is 1. The zero-order valence-corrected chi connectivity index (χ0v) is 18.0. The molecule has 0 saturated heterocycles. The van der Waals surface area contributed by atoms with Crippen molar-refractivity contribution in [2.24, 2.45) is 11.7 Å². The average molecular weight is 463 g/mol. The predicted molar refractivity (Wildman–Crippen MR) is 117 cm³/mol. The van der Waals surface area contributed by atoms with Crippen LogP contribution in [0.1, 0.15) is 25.0 Å². The van der Waals surface area contributed by atoms with E-state index in [1.807, 2.05) is 44.2 Å². The number of alkyl halides is 3. The molecule has 2 unspecified atom stereocenters. The fourth-order valence-corrected chi connectivity index (χ4v) is 3.11. The monoisotopic (exact) mass is 463 g/mol. The molecule has 0 aromatic heterocycles. The molecule has 3 rings (SSSR count). The summed E-state index contributed by atoms with van der Waals surface area (Å²) in [7, 11) is 0. The van der Waals surface area contributed by atoms with Gasteiger partial charge in [0.15, 0.2) is 0 Å². The van der Waals surface area contributed by atoms with Gasteiger partial charge in [0, 0.05) is 16.8 Å². The number of hydrogen-bond donors (Lipinski definition) is 3. The van der Waals surface area contributed by atoms with Crippen LogP contribution < -0.4 is 10.5 Å². The van der Waals surface area contributed by atoms with Gasteiger partial charge in [-0.2, -0.15) is 13.2 Å². The van der Waals surface area contributed by atoms with Crippen LogP contribution in [0.5, 0.6) is 5.75 Å². The number of benzene rings is 3. The van der Waals surface area contributed by atoms with E-state index >= 15 is 0 Å². The zero-order valence-electron chi connectivity index (χ0n) is 18.0. The third kappa shape index (κ3) is 6.45. The molecule has 6 nitrogen and oxygen atoms in total. The quantitative estimate of drug-likeness (QED) is 0.464. The van der Waals surface area contributed by atoms with Crippen molar-refractivity contribution in [3.05, 3.63) is 77.9 Å². The van der Waals surface area contributed by atoms with E-state index in [0.29, 0.717) is 11.1 Å². The molecule has 0 radical (unpaired) electrons. The lowest BCUT2D eigenvalue weighted by Crippen LogP contribution is -2.42. The summed E-state index contributed by atoms with van der Waals surface area (Å²) in [4.78, 5) is 18.2. The van der Waals surface area contributed by atoms with Crippen LogP contribution in [0.15, 0.2) is 66.7 Å². The van der Waals surface area contributed by atoms with Crippen molar-refractivity contribution in [2.75, 3.05) is 6.61 Å². The first kappa shape index (κ1) is 25.7. The van der Waals surface area contributed by atoms with E-state index in [1.54, 1.807) is 18.2 Å². The summed E-state index contributed by atoms with van der Waals surface area (Å²) in [6.07, 6.45) is -4.41. The largest absolute Gasteiger partial charge is 0.493 e. The lowest BCUT2D eigenvalue weighted by atomic mass is 9.82. The Morgan fingerprint density at radius 2 is 1.42 bits per heavy atom. The molecule has 0 amide bonds. The van der Waals surface area contributed by atoms with E-state index in [4.69, 9.17) is 30.3 Å². The van der Waals surface area contributed by atoms with Crippen LogP contribution >= 0.6 is 0 Å². The summed E-state index contributed by atoms with van der Waals surface area (Å²) in [6, 6.07) is 18.6. The van der Waals surface area contributed by atoms with Gasteiger partial charge >= 0.3 is 18.1 Å². The number of carboxylic acids is 2. The van der Waals surface area contributed by atoms with Crippen molar-refractivity contribution in [1.82, 2.24) is 0 Å². The Bertz CT molecular complexity index is 1100. The third-order valence-electron chi connectivity index (χ3n) is 5.28. The van der Waals surface area contributed by atoms with Gasteiger partial charge < -0.3 is 20.7 Å². The first-order chi connectivity index (χ1) is 15.4. The van der Waals surface area contributed by atoms with Crippen LogP contribution in [0.4, 0.5) is 13.2 Å². The molecule has 2 atom stereocenters. The zero-order chi connectivity index (χ0) is 24.8. The Kier molecular flexibility index (Phi) is 8.05. The summed E-state index contributed by atoms with van der Waals surface area (Å²) in [6.45, 7) is 4.19. The molecule has 0 heterocycles. The van der Waals surface area contributed by atoms with Gasteiger partial charge in [-0.25, -0.2) is 9.59 Å². The fraction of sp³-hybridized carbons (Fsp3) is 0.250. The summed E-state index contributed by atoms with van der Waals surface area (Å²) in [5.41, 5.74) is 6.21. The highest BCUT2D eigenvalue weighted by atomic mass is 19.4. The minimum atomic E-state index is -4.41. The van der Waals surface area contributed by atoms with Crippen LogP contribution in [-0.2, 0) is 21.3 Å². The van der Waals surface area contributed by atoms with Gasteiger partial charge in [-0.05, 0) is 30.0 Å². The van der Waals surface area contributed by atoms with Crippen molar-refractivity contribution >= 4 is 22.7 Å². The highest BCUT2D eigenvalue weighted by molar-refractivity contribution is 6.27. The minimum Gasteiger partial charge on any atom is -0.493 e. The van der Waals surface area contributed by atoms with E-state index in [0.717, 1.165) is 11.6 Å². The molecule has 4 N–H and O–H groups in total. The normalized spacial score (nSPS) is 13.9. The molecule has 3 aromatic carbocycles. The lowest BCUT2D eigenvalue weighted by molar-refractivity contribution is -0.159. The molecule has 3 aromatic rings. The first-order valence-corrected chi connectivity index (χ1v) is 9.88. The number of hydrogen-bond acceptors (Lipinski definition) is 4. The Labute approximate surface area is 188 Å². The summed E-state index contributed by atoms with van der Waals surface area (Å²) >= 11 is 0. The van der Waals surface area contributed by atoms with Crippen LogP contribution in [0.2, 0.25) is 0 Å². The molecule has 0 spiro atoms. The topological polar surface area (TPSA) is 110 Å². The Morgan fingerprint density at radius 3 is 1.94 bits per heavy atom. The van der Waals surface area contributed by atoms with E-state index < -0.39 is 29.2 Å². The molecule has 0 aliphatic heterocycles. The van der Waals surface area contributed by atoms with Crippen LogP contribution in [0.3, 0.4) is 0 Å². The second-order valence-corrected chi connectivity index (χ2v) is 7.63. The summed E-state index contributed by atoms with van der Waals surface area (Å²) < 4.78 is 45.7. The van der Waals surface area contributed by atoms with Crippen LogP contribution in [0.25, 0.3) is 10.8 Å². The molecule has 0 bridgehead atoms. The standard InChI is InChI=1S/C22H22F3NO.C2H2O4/c1-15(21(2,26)16-8-4-3-5-9-16)14-27-20-13-12-19(22(23,24)25)17-10-6-7-11-18(17)20;3-1(4)2(5)6/h3-13,15H,14,26H2,1-2H3;(H,3,4)(H,5,6). The lowest BCUT2D eigenvalue weighted by Gasteiger charge is -2.32. The maximum atomic E-state index is 13.3. The molecule has 0 saturated carbocycles. The van der Waals surface area contributed by atoms with E-state index in [-0.39, 0.29) is 17.9 Å². The van der Waals surface area contributed by atoms with Gasteiger partial charge in [-0.15, -0.1) is 0 Å². The number of fused-ring (bicyclic) bond motifs is 1. The number of rotatable bonds is 5. The van der Waals surface area contributed by atoms with Crippen molar-refractivity contribution < 1.29 is 37.7 Å². The van der Waals surface area contributed by atoms with Crippen LogP contribution in [-0.4, -0.2) is 28.8 Å². The second kappa shape index (κ2) is 10.4. The molecule has 0 aliphatic rings. The van der Waals surface area contributed by atoms with Gasteiger partial charge in [-0.1, -0.05) is 61.5 Å². The Balaban J connectivity index is 0.000000569. The average Bonchev–Trinajstić information content (AvgIpc) is 2.77. The molecular weight excluding hydrogens is 439 g/mol. The predicted octanol–water partition coefficient (Wildman–Crippen LogP) is 4.90. The number of aliphatic carboxylic acids is 2. The molecule has 176 valence electrons. The highest BCUT2D eigenvalue weighted by Gasteiger charge is 2.33. The second-order valence-electron chi connectivity index (χ2n) is 7.63. The van der Waals surface area contributed by atoms with Gasteiger partial charge in [0.25, 0.3) is 0 Å². The minimum absolute atomic E-state index is 0.0547. The summed E-state index contributed by atoms with van der Waals surface area (Å²) in [5.74, 6) is -3.28. The third-order valence-corrected chi connectivity index (χ3v) is 5.28. The fourth-order valence-electron chi connectivity index (χ4n) is 3.11. The van der Waals surface area contributed by atoms with Crippen molar-refractivity contribution in [1.29, 1.82) is 0 Å². The maximum Gasteiger partial charge on any atom is 0.417 e. The van der Waals surface area contributed by atoms with Gasteiger partial charge in [-0.3, -0.25) is 0 Å². The molecule has 33 heavy (non-hydrogen) atoms. The smallest absolute Gasteiger partial charge is 0.417 e. The van der Waals surface area contributed by atoms with E-state index in [9.17, 15) is 13.2 Å². The SMILES string of the molecule is CC(COc1ccc(C(F)(F)F)c2ccccc12)C(C)(N)c1ccccc1.O=C(O)C(=O)O. The molecule has 0 aliphatic carbocycles. The number of carboxylic acid groups (broad SMARTS) is 2. The number of ether oxygens (including phenoxy) is 1. The maximum absolute atomic E-state index is 13.3. The summed E-state index contributed by atoms with van der Waals surface area (Å²) in [5, 5.41) is 15.4. The van der Waals surface area contributed by atoms with E-state index in [2.05, 4.69) is 0 Å². The van der Waals surface area contributed by atoms with Crippen molar-refractivity contribution in [3.8, 4) is 5.75 Å². The molecular formula is C24H24F3NO5. The number of carbonyl (C=O) groups is 2. The van der Waals surface area contributed by atoms with Gasteiger partial charge in [0.1, 0.15) is 5.75 Å². The Hall–Kier alpha value is -3.59. The number of halogens is 3. The first-order valence-electron chi connectivity index (χ1n) is 9.88. The Morgan fingerprint density at radius 1 is 0.909 bits per heavy atom. The molecule has 9 heteroatoms. The van der Waals surface area contributed by atoms with Gasteiger partial charge in [0.05, 0.1) is 12.2 Å². The van der Waals surface area contributed by atoms with E-state index in [1.165, 1.54) is 12.1 Å². The van der Waals surface area contributed by atoms with Crippen molar-refractivity contribution in [2.45, 2.75) is 25.6 Å². The van der Waals surface area contributed by atoms with Crippen LogP contribution in [0, 0.1) is 5.92 Å². The highest BCUT2D eigenvalue weighted by Crippen LogP contribution is 2.38. The van der Waals surface area contributed by atoms with Crippen molar-refractivity contribution in [3.63, 3.8) is 0 Å². The molecule has 0 fully saturated rings. The van der Waals surface area contributed by atoms with Gasteiger partial charge in [0.2, 0.25) is 0 Å².